The van der Waals surface area contributed by atoms with Gasteiger partial charge in [-0.2, -0.15) is 0 Å². The third kappa shape index (κ3) is 6.74. The summed E-state index contributed by atoms with van der Waals surface area (Å²) in [6.07, 6.45) is 0. The zero-order valence-electron chi connectivity index (χ0n) is 14.3. The summed E-state index contributed by atoms with van der Waals surface area (Å²) < 4.78 is 39.8. The van der Waals surface area contributed by atoms with E-state index in [9.17, 15) is 12.8 Å². The molecule has 0 amide bonds. The summed E-state index contributed by atoms with van der Waals surface area (Å²) in [5, 5.41) is 0. The van der Waals surface area contributed by atoms with Crippen LogP contribution in [0.3, 0.4) is 0 Å². The number of nitrogens with one attached hydrogen (secondary N) is 1. The lowest BCUT2D eigenvalue weighted by Crippen LogP contribution is -2.32. The summed E-state index contributed by atoms with van der Waals surface area (Å²) in [5.41, 5.74) is 8.53. The van der Waals surface area contributed by atoms with Crippen molar-refractivity contribution >= 4 is 22.4 Å². The first-order chi connectivity index (χ1) is 11.3. The Morgan fingerprint density at radius 3 is 2.24 bits per heavy atom. The smallest absolute Gasteiger partial charge is 0.215 e. The van der Waals surface area contributed by atoms with Crippen LogP contribution in [0.5, 0.6) is 0 Å². The van der Waals surface area contributed by atoms with Crippen molar-refractivity contribution in [2.24, 2.45) is 5.73 Å². The van der Waals surface area contributed by atoms with Gasteiger partial charge in [0.05, 0.1) is 5.75 Å². The Bertz CT molecular complexity index is 780. The number of rotatable bonds is 7. The highest BCUT2D eigenvalue weighted by atomic mass is 35.5. The number of nitrogens with two attached hydrogens (primary N) is 1. The third-order valence-electron chi connectivity index (χ3n) is 3.80. The molecule has 0 aromatic heterocycles. The molecule has 0 heterocycles. The summed E-state index contributed by atoms with van der Waals surface area (Å²) in [7, 11) is -3.57. The molecular weight excluding hydrogens is 363 g/mol. The van der Waals surface area contributed by atoms with Crippen LogP contribution < -0.4 is 10.5 Å². The van der Waals surface area contributed by atoms with E-state index in [1.54, 1.807) is 6.07 Å². The molecule has 2 aromatic carbocycles. The normalized spacial score (nSPS) is 12.7. The Balaban J connectivity index is 0.00000312. The van der Waals surface area contributed by atoms with E-state index in [0.717, 1.165) is 5.56 Å². The maximum atomic E-state index is 13.1. The van der Waals surface area contributed by atoms with Crippen LogP contribution in [-0.2, 0) is 15.8 Å². The standard InChI is InChI=1S/C18H23FN2O2S.ClH/c1-13(2)15-6-8-16(9-7-15)18(20)11-21-24(22,23)12-14-4-3-5-17(19)10-14;/h3-10,13,18,21H,11-12,20H2,1-2H3;1H. The second-order valence-electron chi connectivity index (χ2n) is 6.17. The van der Waals surface area contributed by atoms with Crippen LogP contribution in [0, 0.1) is 5.82 Å². The fourth-order valence-electron chi connectivity index (χ4n) is 2.36. The molecule has 138 valence electrons. The Hall–Kier alpha value is -1.47. The van der Waals surface area contributed by atoms with Crippen LogP contribution in [0.1, 0.15) is 42.5 Å². The fraction of sp³-hybridized carbons (Fsp3) is 0.333. The predicted octanol–water partition coefficient (Wildman–Crippen LogP) is 3.49. The van der Waals surface area contributed by atoms with Gasteiger partial charge in [0.1, 0.15) is 5.82 Å². The third-order valence-corrected chi connectivity index (χ3v) is 5.12. The van der Waals surface area contributed by atoms with E-state index >= 15 is 0 Å². The topological polar surface area (TPSA) is 72.2 Å². The van der Waals surface area contributed by atoms with Gasteiger partial charge in [0.15, 0.2) is 0 Å². The van der Waals surface area contributed by atoms with Crippen LogP contribution in [0.15, 0.2) is 48.5 Å². The monoisotopic (exact) mass is 386 g/mol. The minimum atomic E-state index is -3.57. The van der Waals surface area contributed by atoms with Crippen molar-refractivity contribution < 1.29 is 12.8 Å². The molecule has 0 radical (unpaired) electrons. The van der Waals surface area contributed by atoms with Crippen molar-refractivity contribution in [1.82, 2.24) is 4.72 Å². The van der Waals surface area contributed by atoms with Gasteiger partial charge in [-0.3, -0.25) is 0 Å². The molecule has 7 heteroatoms. The second kappa shape index (κ2) is 9.29. The maximum Gasteiger partial charge on any atom is 0.215 e. The molecule has 0 spiro atoms. The first kappa shape index (κ1) is 21.6. The van der Waals surface area contributed by atoms with E-state index in [1.165, 1.54) is 23.8 Å². The maximum absolute atomic E-state index is 13.1. The van der Waals surface area contributed by atoms with E-state index in [1.807, 2.05) is 24.3 Å². The molecule has 0 aliphatic heterocycles. The first-order valence-corrected chi connectivity index (χ1v) is 9.49. The van der Waals surface area contributed by atoms with Crippen molar-refractivity contribution in [1.29, 1.82) is 0 Å². The van der Waals surface area contributed by atoms with Gasteiger partial charge in [-0.25, -0.2) is 17.5 Å². The number of benzene rings is 2. The Morgan fingerprint density at radius 1 is 1.08 bits per heavy atom. The molecule has 4 nitrogen and oxygen atoms in total. The van der Waals surface area contributed by atoms with Gasteiger partial charge in [-0.15, -0.1) is 12.4 Å². The quantitative estimate of drug-likeness (QED) is 0.765. The Kier molecular flexibility index (Phi) is 8.02. The van der Waals surface area contributed by atoms with Gasteiger partial charge < -0.3 is 5.73 Å². The lowest BCUT2D eigenvalue weighted by molar-refractivity contribution is 0.571. The van der Waals surface area contributed by atoms with Crippen molar-refractivity contribution in [2.75, 3.05) is 6.54 Å². The molecule has 0 bridgehead atoms. The first-order valence-electron chi connectivity index (χ1n) is 7.84. The molecule has 1 unspecified atom stereocenters. The zero-order chi connectivity index (χ0) is 17.7. The minimum absolute atomic E-state index is 0. The van der Waals surface area contributed by atoms with E-state index in [0.29, 0.717) is 11.5 Å². The zero-order valence-corrected chi connectivity index (χ0v) is 15.9. The molecular formula is C18H24ClFN2O2S. The van der Waals surface area contributed by atoms with E-state index < -0.39 is 21.9 Å². The average Bonchev–Trinajstić information content (AvgIpc) is 2.52. The minimum Gasteiger partial charge on any atom is -0.323 e. The Morgan fingerprint density at radius 2 is 1.68 bits per heavy atom. The summed E-state index contributed by atoms with van der Waals surface area (Å²) in [6, 6.07) is 13.0. The van der Waals surface area contributed by atoms with Crippen molar-refractivity contribution in [2.45, 2.75) is 31.6 Å². The molecule has 3 N–H and O–H groups in total. The number of hydrogen-bond acceptors (Lipinski definition) is 3. The fourth-order valence-corrected chi connectivity index (χ4v) is 3.51. The van der Waals surface area contributed by atoms with Crippen LogP contribution in [0.25, 0.3) is 0 Å². The van der Waals surface area contributed by atoms with Gasteiger partial charge in [-0.1, -0.05) is 50.2 Å². The number of hydrogen-bond donors (Lipinski definition) is 2. The van der Waals surface area contributed by atoms with Crippen molar-refractivity contribution in [3.63, 3.8) is 0 Å². The molecule has 2 rings (SSSR count). The molecule has 0 aliphatic carbocycles. The lowest BCUT2D eigenvalue weighted by atomic mass is 9.99. The largest absolute Gasteiger partial charge is 0.323 e. The summed E-state index contributed by atoms with van der Waals surface area (Å²) in [6.45, 7) is 4.31. The second-order valence-corrected chi connectivity index (χ2v) is 7.97. The molecule has 25 heavy (non-hydrogen) atoms. The van der Waals surface area contributed by atoms with Crippen molar-refractivity contribution in [3.05, 3.63) is 71.0 Å². The summed E-state index contributed by atoms with van der Waals surface area (Å²) in [4.78, 5) is 0. The summed E-state index contributed by atoms with van der Waals surface area (Å²) in [5.74, 6) is -0.297. The molecule has 0 fully saturated rings. The highest BCUT2D eigenvalue weighted by Gasteiger charge is 2.15. The van der Waals surface area contributed by atoms with Crippen LogP contribution >= 0.6 is 12.4 Å². The van der Waals surface area contributed by atoms with Gasteiger partial charge in [0.2, 0.25) is 10.0 Å². The van der Waals surface area contributed by atoms with Crippen molar-refractivity contribution in [3.8, 4) is 0 Å². The Labute approximate surface area is 155 Å². The lowest BCUT2D eigenvalue weighted by Gasteiger charge is -2.15. The number of sulfonamides is 1. The predicted molar refractivity (Wildman–Crippen MR) is 102 cm³/mol. The molecule has 0 aliphatic rings. The van der Waals surface area contributed by atoms with Gasteiger partial charge >= 0.3 is 0 Å². The molecule has 0 saturated carbocycles. The van der Waals surface area contributed by atoms with Crippen LogP contribution in [-0.4, -0.2) is 15.0 Å². The van der Waals surface area contributed by atoms with Gasteiger partial charge in [0.25, 0.3) is 0 Å². The highest BCUT2D eigenvalue weighted by molar-refractivity contribution is 7.88. The average molecular weight is 387 g/mol. The number of halogens is 2. The molecule has 1 atom stereocenters. The highest BCUT2D eigenvalue weighted by Crippen LogP contribution is 2.17. The molecule has 0 saturated heterocycles. The van der Waals surface area contributed by atoms with E-state index in [4.69, 9.17) is 5.73 Å². The summed E-state index contributed by atoms with van der Waals surface area (Å²) >= 11 is 0. The van der Waals surface area contributed by atoms with Crippen LogP contribution in [0.2, 0.25) is 0 Å². The van der Waals surface area contributed by atoms with Crippen LogP contribution in [0.4, 0.5) is 4.39 Å². The molecule has 2 aromatic rings. The van der Waals surface area contributed by atoms with E-state index in [-0.39, 0.29) is 24.7 Å². The SMILES string of the molecule is CC(C)c1ccc(C(N)CNS(=O)(=O)Cc2cccc(F)c2)cc1.Cl. The van der Waals surface area contributed by atoms with Gasteiger partial charge in [0, 0.05) is 12.6 Å². The van der Waals surface area contributed by atoms with E-state index in [2.05, 4.69) is 18.6 Å². The van der Waals surface area contributed by atoms with Gasteiger partial charge in [-0.05, 0) is 34.7 Å².